The number of carbonyl (C=O) groups is 1. The number of amides is 2. The van der Waals surface area contributed by atoms with Gasteiger partial charge in [0.05, 0.1) is 18.3 Å². The fourth-order valence-corrected chi connectivity index (χ4v) is 2.28. The van der Waals surface area contributed by atoms with Gasteiger partial charge in [0.25, 0.3) is 0 Å². The highest BCUT2D eigenvalue weighted by Gasteiger charge is 2.30. The molecule has 0 saturated carbocycles. The maximum atomic E-state index is 12.4. The van der Waals surface area contributed by atoms with Crippen molar-refractivity contribution in [3.8, 4) is 0 Å². The molecule has 6 nitrogen and oxygen atoms in total. The summed E-state index contributed by atoms with van der Waals surface area (Å²) < 4.78 is 42.6. The van der Waals surface area contributed by atoms with Crippen LogP contribution in [0, 0.1) is 0 Å². The highest BCUT2D eigenvalue weighted by molar-refractivity contribution is 5.74. The summed E-state index contributed by atoms with van der Waals surface area (Å²) >= 11 is 0. The number of pyridine rings is 1. The number of urea groups is 1. The first-order valence-electron chi connectivity index (χ1n) is 7.78. The molecule has 0 radical (unpaired) electrons. The standard InChI is InChI=1S/C15H21F3N4O2/c1-11-10-22(7-8-24-11)14(23)20-6-2-5-19-13-4-3-12(9-21-13)15(16,17)18/h3-4,9,11H,2,5-8,10H2,1H3,(H,19,21)(H,20,23). The van der Waals surface area contributed by atoms with E-state index < -0.39 is 11.7 Å². The van der Waals surface area contributed by atoms with Crippen molar-refractivity contribution < 1.29 is 22.7 Å². The van der Waals surface area contributed by atoms with E-state index in [0.29, 0.717) is 45.0 Å². The van der Waals surface area contributed by atoms with Crippen LogP contribution in [0.25, 0.3) is 0 Å². The molecular formula is C15H21F3N4O2. The first kappa shape index (κ1) is 18.3. The summed E-state index contributed by atoms with van der Waals surface area (Å²) in [5.41, 5.74) is -0.778. The number of hydrogen-bond acceptors (Lipinski definition) is 4. The third-order valence-corrected chi connectivity index (χ3v) is 3.55. The van der Waals surface area contributed by atoms with Crippen molar-refractivity contribution in [2.24, 2.45) is 0 Å². The SMILES string of the molecule is CC1CN(C(=O)NCCCNc2ccc(C(F)(F)F)cn2)CCO1. The van der Waals surface area contributed by atoms with Gasteiger partial charge in [0, 0.05) is 32.4 Å². The lowest BCUT2D eigenvalue weighted by molar-refractivity contribution is -0.137. The molecule has 2 rings (SSSR count). The molecule has 1 unspecified atom stereocenters. The number of nitrogens with one attached hydrogen (secondary N) is 2. The molecule has 9 heteroatoms. The fraction of sp³-hybridized carbons (Fsp3) is 0.600. The number of halogens is 3. The average Bonchev–Trinajstić information content (AvgIpc) is 2.54. The van der Waals surface area contributed by atoms with Gasteiger partial charge in [-0.2, -0.15) is 13.2 Å². The molecule has 2 amide bonds. The van der Waals surface area contributed by atoms with E-state index in [1.807, 2.05) is 6.92 Å². The monoisotopic (exact) mass is 346 g/mol. The number of aromatic nitrogens is 1. The molecule has 0 aromatic carbocycles. The van der Waals surface area contributed by atoms with Gasteiger partial charge < -0.3 is 20.3 Å². The molecule has 1 aliphatic heterocycles. The molecule has 2 heterocycles. The predicted octanol–water partition coefficient (Wildman–Crippen LogP) is 2.33. The number of rotatable bonds is 5. The van der Waals surface area contributed by atoms with Gasteiger partial charge in [0.15, 0.2) is 0 Å². The number of hydrogen-bond donors (Lipinski definition) is 2. The lowest BCUT2D eigenvalue weighted by Crippen LogP contribution is -2.49. The van der Waals surface area contributed by atoms with Gasteiger partial charge >= 0.3 is 12.2 Å². The predicted molar refractivity (Wildman–Crippen MR) is 82.7 cm³/mol. The zero-order valence-corrected chi connectivity index (χ0v) is 13.4. The van der Waals surface area contributed by atoms with Gasteiger partial charge in [-0.25, -0.2) is 9.78 Å². The van der Waals surface area contributed by atoms with Crippen molar-refractivity contribution >= 4 is 11.8 Å². The molecule has 134 valence electrons. The van der Waals surface area contributed by atoms with Crippen LogP contribution in [0.2, 0.25) is 0 Å². The molecule has 0 bridgehead atoms. The van der Waals surface area contributed by atoms with Crippen LogP contribution in [0.1, 0.15) is 18.9 Å². The number of morpholine rings is 1. The van der Waals surface area contributed by atoms with Crippen molar-refractivity contribution in [1.29, 1.82) is 0 Å². The van der Waals surface area contributed by atoms with E-state index in [-0.39, 0.29) is 12.1 Å². The number of alkyl halides is 3. The van der Waals surface area contributed by atoms with E-state index >= 15 is 0 Å². The third-order valence-electron chi connectivity index (χ3n) is 3.55. The molecule has 0 spiro atoms. The van der Waals surface area contributed by atoms with Gasteiger partial charge in [0.1, 0.15) is 5.82 Å². The van der Waals surface area contributed by atoms with Crippen LogP contribution in [0.4, 0.5) is 23.8 Å². The Bertz CT molecular complexity index is 537. The van der Waals surface area contributed by atoms with Crippen LogP contribution in [-0.2, 0) is 10.9 Å². The lowest BCUT2D eigenvalue weighted by Gasteiger charge is -2.31. The van der Waals surface area contributed by atoms with E-state index in [2.05, 4.69) is 15.6 Å². The minimum Gasteiger partial charge on any atom is -0.375 e. The van der Waals surface area contributed by atoms with E-state index in [1.165, 1.54) is 6.07 Å². The van der Waals surface area contributed by atoms with Crippen LogP contribution in [0.5, 0.6) is 0 Å². The number of carbonyl (C=O) groups excluding carboxylic acids is 1. The second kappa shape index (κ2) is 8.18. The summed E-state index contributed by atoms with van der Waals surface area (Å²) in [5.74, 6) is 0.372. The minimum absolute atomic E-state index is 0.0388. The van der Waals surface area contributed by atoms with E-state index in [4.69, 9.17) is 4.74 Å². The smallest absolute Gasteiger partial charge is 0.375 e. The van der Waals surface area contributed by atoms with Gasteiger partial charge in [0.2, 0.25) is 0 Å². The summed E-state index contributed by atoms with van der Waals surface area (Å²) in [6, 6.07) is 2.14. The van der Waals surface area contributed by atoms with Gasteiger partial charge in [-0.05, 0) is 25.5 Å². The van der Waals surface area contributed by atoms with Crippen molar-refractivity contribution in [2.75, 3.05) is 38.1 Å². The number of ether oxygens (including phenoxy) is 1. The van der Waals surface area contributed by atoms with Gasteiger partial charge in [-0.15, -0.1) is 0 Å². The summed E-state index contributed by atoms with van der Waals surface area (Å²) in [6.45, 7) is 4.57. The van der Waals surface area contributed by atoms with E-state index in [9.17, 15) is 18.0 Å². The molecule has 2 N–H and O–H groups in total. The van der Waals surface area contributed by atoms with Crippen LogP contribution >= 0.6 is 0 Å². The Balaban J connectivity index is 1.63. The summed E-state index contributed by atoms with van der Waals surface area (Å²) in [5, 5.41) is 5.73. The maximum absolute atomic E-state index is 12.4. The van der Waals surface area contributed by atoms with E-state index in [0.717, 1.165) is 12.3 Å². The summed E-state index contributed by atoms with van der Waals surface area (Å²) in [6.07, 6.45) is -2.91. The zero-order chi connectivity index (χ0) is 17.6. The van der Waals surface area contributed by atoms with Crippen molar-refractivity contribution in [3.63, 3.8) is 0 Å². The Morgan fingerprint density at radius 1 is 1.42 bits per heavy atom. The molecule has 1 saturated heterocycles. The van der Waals surface area contributed by atoms with Gasteiger partial charge in [-0.3, -0.25) is 0 Å². The van der Waals surface area contributed by atoms with Crippen molar-refractivity contribution in [2.45, 2.75) is 25.6 Å². The van der Waals surface area contributed by atoms with Gasteiger partial charge in [-0.1, -0.05) is 0 Å². The lowest BCUT2D eigenvalue weighted by atomic mass is 10.3. The van der Waals surface area contributed by atoms with Crippen LogP contribution in [0.15, 0.2) is 18.3 Å². The Morgan fingerprint density at radius 3 is 2.83 bits per heavy atom. The molecule has 1 aromatic rings. The quantitative estimate of drug-likeness (QED) is 0.803. The normalized spacial score (nSPS) is 18.3. The Hall–Kier alpha value is -2.03. The Labute approximate surface area is 138 Å². The summed E-state index contributed by atoms with van der Waals surface area (Å²) in [4.78, 5) is 17.4. The maximum Gasteiger partial charge on any atom is 0.417 e. The molecule has 1 aliphatic rings. The van der Waals surface area contributed by atoms with Crippen molar-refractivity contribution in [1.82, 2.24) is 15.2 Å². The largest absolute Gasteiger partial charge is 0.417 e. The van der Waals surface area contributed by atoms with Crippen LogP contribution in [0.3, 0.4) is 0 Å². The zero-order valence-electron chi connectivity index (χ0n) is 13.4. The second-order valence-electron chi connectivity index (χ2n) is 5.57. The third kappa shape index (κ3) is 5.55. The van der Waals surface area contributed by atoms with Crippen LogP contribution in [-0.4, -0.2) is 54.8 Å². The average molecular weight is 346 g/mol. The Kier molecular flexibility index (Phi) is 6.24. The molecule has 0 aliphatic carbocycles. The molecule has 1 atom stereocenters. The topological polar surface area (TPSA) is 66.5 Å². The molecule has 24 heavy (non-hydrogen) atoms. The second-order valence-corrected chi connectivity index (χ2v) is 5.57. The Morgan fingerprint density at radius 2 is 2.21 bits per heavy atom. The summed E-state index contributed by atoms with van der Waals surface area (Å²) in [7, 11) is 0. The first-order chi connectivity index (χ1) is 11.4. The molecule has 1 fully saturated rings. The fourth-order valence-electron chi connectivity index (χ4n) is 2.28. The van der Waals surface area contributed by atoms with E-state index in [1.54, 1.807) is 4.90 Å². The number of nitrogens with zero attached hydrogens (tertiary/aromatic N) is 2. The number of anilines is 1. The first-order valence-corrected chi connectivity index (χ1v) is 7.78. The minimum atomic E-state index is -4.38. The highest BCUT2D eigenvalue weighted by Crippen LogP contribution is 2.28. The highest BCUT2D eigenvalue weighted by atomic mass is 19.4. The van der Waals surface area contributed by atoms with Crippen molar-refractivity contribution in [3.05, 3.63) is 23.9 Å². The van der Waals surface area contributed by atoms with Crippen LogP contribution < -0.4 is 10.6 Å². The molecular weight excluding hydrogens is 325 g/mol. The molecule has 1 aromatic heterocycles.